The van der Waals surface area contributed by atoms with Gasteiger partial charge in [-0.1, -0.05) is 0 Å². The Kier molecular flexibility index (Phi) is 5.94. The summed E-state index contributed by atoms with van der Waals surface area (Å²) in [6, 6.07) is 1.71. The highest BCUT2D eigenvalue weighted by Crippen LogP contribution is 2.05. The first kappa shape index (κ1) is 15.6. The van der Waals surface area contributed by atoms with E-state index in [-0.39, 0.29) is 31.3 Å². The molecule has 0 spiro atoms. The van der Waals surface area contributed by atoms with E-state index in [0.29, 0.717) is 5.56 Å². The molecule has 2 amide bonds. The number of nitrogens with one attached hydrogen (secondary N) is 2. The van der Waals surface area contributed by atoms with Gasteiger partial charge in [-0.25, -0.2) is 0 Å². The first-order chi connectivity index (χ1) is 8.94. The first-order valence-corrected chi connectivity index (χ1v) is 6.79. The number of aliphatic hydroxyl groups is 2. The SMILES string of the molecule is CC(O)(CO)CNC(=O)CCNC(=O)c1ccsc1. The number of hydrogen-bond donors (Lipinski definition) is 4. The number of aliphatic hydroxyl groups excluding tert-OH is 1. The number of hydrogen-bond acceptors (Lipinski definition) is 5. The average molecular weight is 286 g/mol. The molecule has 1 aromatic heterocycles. The van der Waals surface area contributed by atoms with Gasteiger partial charge in [0.1, 0.15) is 5.60 Å². The number of rotatable bonds is 7. The van der Waals surface area contributed by atoms with Crippen LogP contribution >= 0.6 is 11.3 Å². The molecule has 1 heterocycles. The summed E-state index contributed by atoms with van der Waals surface area (Å²) in [5.41, 5.74) is -0.746. The van der Waals surface area contributed by atoms with Gasteiger partial charge in [-0.15, -0.1) is 0 Å². The monoisotopic (exact) mass is 286 g/mol. The van der Waals surface area contributed by atoms with Crippen LogP contribution in [0.3, 0.4) is 0 Å². The average Bonchev–Trinajstić information content (AvgIpc) is 2.90. The van der Waals surface area contributed by atoms with Crippen molar-refractivity contribution >= 4 is 23.2 Å². The molecular formula is C12H18N2O4S. The molecule has 1 rings (SSSR count). The molecule has 0 bridgehead atoms. The predicted molar refractivity (Wildman–Crippen MR) is 72.0 cm³/mol. The lowest BCUT2D eigenvalue weighted by Crippen LogP contribution is -2.43. The van der Waals surface area contributed by atoms with Crippen molar-refractivity contribution in [2.24, 2.45) is 0 Å². The van der Waals surface area contributed by atoms with E-state index in [9.17, 15) is 14.7 Å². The third kappa shape index (κ3) is 5.82. The molecule has 0 fully saturated rings. The van der Waals surface area contributed by atoms with Gasteiger partial charge in [0.05, 0.1) is 6.61 Å². The molecule has 1 unspecified atom stereocenters. The van der Waals surface area contributed by atoms with Crippen molar-refractivity contribution in [2.75, 3.05) is 19.7 Å². The van der Waals surface area contributed by atoms with Gasteiger partial charge >= 0.3 is 0 Å². The minimum Gasteiger partial charge on any atom is -0.393 e. The van der Waals surface area contributed by atoms with Gasteiger partial charge < -0.3 is 20.8 Å². The van der Waals surface area contributed by atoms with Crippen molar-refractivity contribution in [3.63, 3.8) is 0 Å². The molecule has 106 valence electrons. The molecule has 0 aliphatic carbocycles. The molecule has 0 saturated carbocycles. The largest absolute Gasteiger partial charge is 0.393 e. The minimum atomic E-state index is -1.32. The number of thiophene rings is 1. The molecule has 7 heteroatoms. The highest BCUT2D eigenvalue weighted by atomic mass is 32.1. The van der Waals surface area contributed by atoms with E-state index in [4.69, 9.17) is 5.11 Å². The highest BCUT2D eigenvalue weighted by molar-refractivity contribution is 7.08. The van der Waals surface area contributed by atoms with Gasteiger partial charge in [-0.2, -0.15) is 11.3 Å². The van der Waals surface area contributed by atoms with Gasteiger partial charge in [0.2, 0.25) is 5.91 Å². The summed E-state index contributed by atoms with van der Waals surface area (Å²) in [5.74, 6) is -0.504. The van der Waals surface area contributed by atoms with E-state index < -0.39 is 12.2 Å². The smallest absolute Gasteiger partial charge is 0.252 e. The Labute approximate surface area is 115 Å². The zero-order valence-corrected chi connectivity index (χ0v) is 11.5. The number of carbonyl (C=O) groups excluding carboxylic acids is 2. The maximum Gasteiger partial charge on any atom is 0.252 e. The van der Waals surface area contributed by atoms with Crippen LogP contribution in [0.25, 0.3) is 0 Å². The fourth-order valence-corrected chi connectivity index (χ4v) is 1.85. The molecular weight excluding hydrogens is 268 g/mol. The summed E-state index contributed by atoms with van der Waals surface area (Å²) < 4.78 is 0. The summed E-state index contributed by atoms with van der Waals surface area (Å²) in [4.78, 5) is 23.0. The molecule has 1 atom stereocenters. The van der Waals surface area contributed by atoms with Gasteiger partial charge in [0.25, 0.3) is 5.91 Å². The van der Waals surface area contributed by atoms with E-state index in [1.165, 1.54) is 18.3 Å². The fourth-order valence-electron chi connectivity index (χ4n) is 1.22. The summed E-state index contributed by atoms with van der Waals surface area (Å²) >= 11 is 1.43. The second-order valence-corrected chi connectivity index (χ2v) is 5.23. The van der Waals surface area contributed by atoms with Crippen LogP contribution in [-0.4, -0.2) is 47.3 Å². The zero-order valence-electron chi connectivity index (χ0n) is 10.7. The van der Waals surface area contributed by atoms with E-state index in [1.54, 1.807) is 16.8 Å². The first-order valence-electron chi connectivity index (χ1n) is 5.85. The quantitative estimate of drug-likeness (QED) is 0.554. The molecule has 0 aliphatic heterocycles. The second-order valence-electron chi connectivity index (χ2n) is 4.45. The van der Waals surface area contributed by atoms with Gasteiger partial charge in [-0.05, 0) is 18.4 Å². The van der Waals surface area contributed by atoms with Crippen molar-refractivity contribution in [1.29, 1.82) is 0 Å². The Morgan fingerprint density at radius 1 is 1.42 bits per heavy atom. The lowest BCUT2D eigenvalue weighted by atomic mass is 10.1. The van der Waals surface area contributed by atoms with Crippen LogP contribution in [0.15, 0.2) is 16.8 Å². The zero-order chi connectivity index (χ0) is 14.3. The van der Waals surface area contributed by atoms with Crippen LogP contribution in [-0.2, 0) is 4.79 Å². The molecule has 1 aromatic rings. The Morgan fingerprint density at radius 2 is 2.16 bits per heavy atom. The van der Waals surface area contributed by atoms with Gasteiger partial charge in [0.15, 0.2) is 0 Å². The summed E-state index contributed by atoms with van der Waals surface area (Å²) in [7, 11) is 0. The van der Waals surface area contributed by atoms with Crippen molar-refractivity contribution in [3.8, 4) is 0 Å². The van der Waals surface area contributed by atoms with E-state index in [2.05, 4.69) is 10.6 Å². The lowest BCUT2D eigenvalue weighted by molar-refractivity contribution is -0.122. The molecule has 6 nitrogen and oxygen atoms in total. The molecule has 4 N–H and O–H groups in total. The minimum absolute atomic E-state index is 0.0270. The van der Waals surface area contributed by atoms with E-state index in [0.717, 1.165) is 0 Å². The van der Waals surface area contributed by atoms with Crippen molar-refractivity contribution in [2.45, 2.75) is 18.9 Å². The van der Waals surface area contributed by atoms with Crippen molar-refractivity contribution in [3.05, 3.63) is 22.4 Å². The summed E-state index contributed by atoms with van der Waals surface area (Å²) in [6.45, 7) is 1.19. The summed E-state index contributed by atoms with van der Waals surface area (Å²) in [5, 5.41) is 26.9. The van der Waals surface area contributed by atoms with Crippen LogP contribution < -0.4 is 10.6 Å². The van der Waals surface area contributed by atoms with Crippen LogP contribution in [0.5, 0.6) is 0 Å². The van der Waals surface area contributed by atoms with Crippen LogP contribution in [0, 0.1) is 0 Å². The highest BCUT2D eigenvalue weighted by Gasteiger charge is 2.19. The lowest BCUT2D eigenvalue weighted by Gasteiger charge is -2.20. The number of carbonyl (C=O) groups is 2. The third-order valence-corrected chi connectivity index (χ3v) is 3.11. The summed E-state index contributed by atoms with van der Waals surface area (Å²) in [6.07, 6.45) is 0.122. The Morgan fingerprint density at radius 3 is 2.74 bits per heavy atom. The van der Waals surface area contributed by atoms with Crippen LogP contribution in [0.4, 0.5) is 0 Å². The fraction of sp³-hybridized carbons (Fsp3) is 0.500. The molecule has 19 heavy (non-hydrogen) atoms. The van der Waals surface area contributed by atoms with Crippen LogP contribution in [0.2, 0.25) is 0 Å². The standard InChI is InChI=1S/C12H18N2O4S/c1-12(18,8-15)7-14-10(16)2-4-13-11(17)9-3-5-19-6-9/h3,5-6,15,18H,2,4,7-8H2,1H3,(H,13,17)(H,14,16). The molecule has 0 aromatic carbocycles. The predicted octanol–water partition coefficient (Wildman–Crippen LogP) is -0.273. The van der Waals surface area contributed by atoms with E-state index >= 15 is 0 Å². The molecule has 0 saturated heterocycles. The van der Waals surface area contributed by atoms with E-state index in [1.807, 2.05) is 0 Å². The third-order valence-electron chi connectivity index (χ3n) is 2.43. The van der Waals surface area contributed by atoms with Crippen LogP contribution in [0.1, 0.15) is 23.7 Å². The second kappa shape index (κ2) is 7.22. The number of amides is 2. The molecule has 0 radical (unpaired) electrons. The van der Waals surface area contributed by atoms with Crippen molar-refractivity contribution in [1.82, 2.24) is 10.6 Å². The Bertz CT molecular complexity index is 417. The maximum absolute atomic E-state index is 11.5. The topological polar surface area (TPSA) is 98.7 Å². The maximum atomic E-state index is 11.5. The Balaban J connectivity index is 2.19. The normalized spacial score (nSPS) is 13.6. The van der Waals surface area contributed by atoms with Gasteiger partial charge in [-0.3, -0.25) is 9.59 Å². The Hall–Kier alpha value is -1.44. The molecule has 0 aliphatic rings. The van der Waals surface area contributed by atoms with Crippen molar-refractivity contribution < 1.29 is 19.8 Å². The van der Waals surface area contributed by atoms with Gasteiger partial charge in [0, 0.05) is 30.5 Å².